The zero-order valence-corrected chi connectivity index (χ0v) is 12.5. The summed E-state index contributed by atoms with van der Waals surface area (Å²) in [6.45, 7) is 3.40. The van der Waals surface area contributed by atoms with Crippen LogP contribution in [0.5, 0.6) is 0 Å². The molecule has 120 valence electrons. The Morgan fingerprint density at radius 2 is 1.38 bits per heavy atom. The van der Waals surface area contributed by atoms with E-state index in [4.69, 9.17) is 30.5 Å². The number of alkyl halides is 1. The largest absolute Gasteiger partial charge is 0.456 e. The molecule has 1 heterocycles. The molecular weight excluding hydrogens is 308 g/mol. The molecule has 5 atom stereocenters. The van der Waals surface area contributed by atoms with E-state index in [1.54, 1.807) is 0 Å². The van der Waals surface area contributed by atoms with E-state index >= 15 is 0 Å². The molecule has 8 nitrogen and oxygen atoms in total. The van der Waals surface area contributed by atoms with E-state index < -0.39 is 48.6 Å². The average molecular weight is 325 g/mol. The van der Waals surface area contributed by atoms with Crippen LogP contribution in [-0.2, 0) is 33.3 Å². The molecule has 9 heteroatoms. The van der Waals surface area contributed by atoms with Crippen molar-refractivity contribution in [1.29, 1.82) is 0 Å². The maximum atomic E-state index is 11.2. The molecule has 0 bridgehead atoms. The third-order valence-electron chi connectivity index (χ3n) is 2.67. The van der Waals surface area contributed by atoms with Crippen LogP contribution in [0, 0.1) is 0 Å². The highest BCUT2D eigenvalue weighted by Gasteiger charge is 2.51. The Bertz CT molecular complexity index is 412. The summed E-state index contributed by atoms with van der Waals surface area (Å²) in [4.78, 5) is 33.5. The van der Waals surface area contributed by atoms with Crippen molar-refractivity contribution in [3.63, 3.8) is 0 Å². The van der Waals surface area contributed by atoms with Crippen molar-refractivity contribution in [3.05, 3.63) is 0 Å². The molecule has 0 aliphatic carbocycles. The molecule has 1 aliphatic rings. The van der Waals surface area contributed by atoms with Gasteiger partial charge in [0.05, 0.1) is 5.88 Å². The van der Waals surface area contributed by atoms with Crippen LogP contribution in [0.15, 0.2) is 0 Å². The normalized spacial score (nSPS) is 32.1. The molecule has 0 amide bonds. The van der Waals surface area contributed by atoms with Crippen molar-refractivity contribution in [2.24, 2.45) is 0 Å². The number of aliphatic hydroxyl groups excluding tert-OH is 1. The molecule has 0 spiro atoms. The van der Waals surface area contributed by atoms with Crippen LogP contribution in [0.3, 0.4) is 0 Å². The van der Waals surface area contributed by atoms with E-state index in [0.29, 0.717) is 0 Å². The van der Waals surface area contributed by atoms with Gasteiger partial charge in [-0.05, 0) is 0 Å². The van der Waals surface area contributed by atoms with Crippen molar-refractivity contribution in [2.75, 3.05) is 5.88 Å². The lowest BCUT2D eigenvalue weighted by Gasteiger charge is -2.42. The average Bonchev–Trinajstić information content (AvgIpc) is 2.35. The summed E-state index contributed by atoms with van der Waals surface area (Å²) in [7, 11) is 0. The highest BCUT2D eigenvalue weighted by molar-refractivity contribution is 6.18. The molecule has 1 fully saturated rings. The van der Waals surface area contributed by atoms with Gasteiger partial charge in [-0.25, -0.2) is 0 Å². The lowest BCUT2D eigenvalue weighted by Crippen LogP contribution is -2.61. The maximum Gasteiger partial charge on any atom is 0.303 e. The second-order valence-electron chi connectivity index (χ2n) is 4.44. The van der Waals surface area contributed by atoms with Gasteiger partial charge in [-0.15, -0.1) is 11.6 Å². The first-order chi connectivity index (χ1) is 9.76. The van der Waals surface area contributed by atoms with Gasteiger partial charge in [-0.1, -0.05) is 0 Å². The molecule has 1 saturated heterocycles. The number of hydrogen-bond donors (Lipinski definition) is 1. The smallest absolute Gasteiger partial charge is 0.303 e. The highest BCUT2D eigenvalue weighted by Crippen LogP contribution is 2.28. The fraction of sp³-hybridized carbons (Fsp3) is 0.750. The molecule has 1 aliphatic heterocycles. The Balaban J connectivity index is 3.08. The van der Waals surface area contributed by atoms with Gasteiger partial charge >= 0.3 is 17.9 Å². The first-order valence-electron chi connectivity index (χ1n) is 6.17. The molecule has 0 radical (unpaired) electrons. The first-order valence-corrected chi connectivity index (χ1v) is 6.70. The van der Waals surface area contributed by atoms with Crippen LogP contribution in [0.1, 0.15) is 20.8 Å². The predicted octanol–water partition coefficient (Wildman–Crippen LogP) is -0.263. The van der Waals surface area contributed by atoms with Crippen LogP contribution in [0.4, 0.5) is 0 Å². The lowest BCUT2D eigenvalue weighted by molar-refractivity contribution is -0.287. The van der Waals surface area contributed by atoms with Crippen LogP contribution in [-0.4, -0.2) is 59.6 Å². The Kier molecular flexibility index (Phi) is 6.38. The number of rotatable bonds is 4. The summed E-state index contributed by atoms with van der Waals surface area (Å²) in [5.41, 5.74) is 0. The minimum atomic E-state index is -1.56. The van der Waals surface area contributed by atoms with Crippen molar-refractivity contribution in [3.8, 4) is 0 Å². The molecule has 0 saturated carbocycles. The van der Waals surface area contributed by atoms with Crippen molar-refractivity contribution < 1.29 is 38.4 Å². The summed E-state index contributed by atoms with van der Waals surface area (Å²) in [5, 5.41) is 9.86. The van der Waals surface area contributed by atoms with Gasteiger partial charge in [0.25, 0.3) is 0 Å². The third kappa shape index (κ3) is 4.83. The molecule has 1 rings (SSSR count). The lowest BCUT2D eigenvalue weighted by atomic mass is 9.99. The Hall–Kier alpha value is -1.38. The minimum absolute atomic E-state index is 0.125. The SMILES string of the molecule is CC(=O)O[C@H]1[C@H](OC(C)=O)[C@@H](O)O[C@H](CCl)[C@H]1OC(C)=O. The van der Waals surface area contributed by atoms with Gasteiger partial charge in [0.15, 0.2) is 24.6 Å². The van der Waals surface area contributed by atoms with Crippen LogP contribution < -0.4 is 0 Å². The third-order valence-corrected chi connectivity index (χ3v) is 2.97. The van der Waals surface area contributed by atoms with Crippen LogP contribution in [0.2, 0.25) is 0 Å². The van der Waals surface area contributed by atoms with E-state index in [-0.39, 0.29) is 5.88 Å². The fourth-order valence-corrected chi connectivity index (χ4v) is 2.24. The highest BCUT2D eigenvalue weighted by atomic mass is 35.5. The van der Waals surface area contributed by atoms with E-state index in [2.05, 4.69) is 0 Å². The summed E-state index contributed by atoms with van der Waals surface area (Å²) >= 11 is 5.70. The zero-order valence-electron chi connectivity index (χ0n) is 11.8. The molecule has 1 N–H and O–H groups in total. The summed E-state index contributed by atoms with van der Waals surface area (Å²) < 4.78 is 20.1. The summed E-state index contributed by atoms with van der Waals surface area (Å²) in [6, 6.07) is 0. The van der Waals surface area contributed by atoms with Crippen molar-refractivity contribution >= 4 is 29.5 Å². The number of carbonyl (C=O) groups is 3. The van der Waals surface area contributed by atoms with E-state index in [9.17, 15) is 19.5 Å². The summed E-state index contributed by atoms with van der Waals surface area (Å²) in [6.07, 6.45) is -6.12. The Morgan fingerprint density at radius 3 is 1.81 bits per heavy atom. The van der Waals surface area contributed by atoms with E-state index in [0.717, 1.165) is 20.8 Å². The predicted molar refractivity (Wildman–Crippen MR) is 68.3 cm³/mol. The maximum absolute atomic E-state index is 11.2. The van der Waals surface area contributed by atoms with Gasteiger partial charge in [-0.3, -0.25) is 14.4 Å². The van der Waals surface area contributed by atoms with Gasteiger partial charge < -0.3 is 24.1 Å². The quantitative estimate of drug-likeness (QED) is 0.428. The van der Waals surface area contributed by atoms with Gasteiger partial charge in [0.2, 0.25) is 0 Å². The number of carbonyl (C=O) groups excluding carboxylic acids is 3. The minimum Gasteiger partial charge on any atom is -0.456 e. The number of aliphatic hydroxyl groups is 1. The Morgan fingerprint density at radius 1 is 0.952 bits per heavy atom. The van der Waals surface area contributed by atoms with E-state index in [1.165, 1.54) is 0 Å². The molecular formula is C12H17ClO8. The van der Waals surface area contributed by atoms with Crippen LogP contribution >= 0.6 is 11.6 Å². The first kappa shape index (κ1) is 17.7. The van der Waals surface area contributed by atoms with Crippen molar-refractivity contribution in [1.82, 2.24) is 0 Å². The van der Waals surface area contributed by atoms with Gasteiger partial charge in [0.1, 0.15) is 6.10 Å². The molecule has 0 aromatic carbocycles. The van der Waals surface area contributed by atoms with Gasteiger partial charge in [-0.2, -0.15) is 0 Å². The topological polar surface area (TPSA) is 108 Å². The standard InChI is InChI=1S/C12H17ClO8/c1-5(14)18-9-8(4-13)21-12(17)11(20-7(3)16)10(9)19-6(2)15/h8-12,17H,4H2,1-3H3/t8-,9-,10-,11+,12+/m1/s1. The number of esters is 3. The Labute approximate surface area is 126 Å². The zero-order chi connectivity index (χ0) is 16.2. The molecule has 0 unspecified atom stereocenters. The van der Waals surface area contributed by atoms with Crippen molar-refractivity contribution in [2.45, 2.75) is 51.5 Å². The number of ether oxygens (including phenoxy) is 4. The monoisotopic (exact) mass is 324 g/mol. The second kappa shape index (κ2) is 7.58. The molecule has 0 aromatic rings. The number of hydrogen-bond acceptors (Lipinski definition) is 8. The van der Waals surface area contributed by atoms with Gasteiger partial charge in [0, 0.05) is 20.8 Å². The fourth-order valence-electron chi connectivity index (χ4n) is 2.00. The summed E-state index contributed by atoms with van der Waals surface area (Å²) in [5.74, 6) is -2.20. The molecule has 0 aromatic heterocycles. The van der Waals surface area contributed by atoms with E-state index in [1.807, 2.05) is 0 Å². The second-order valence-corrected chi connectivity index (χ2v) is 4.75. The number of halogens is 1. The molecule has 21 heavy (non-hydrogen) atoms. The van der Waals surface area contributed by atoms with Crippen LogP contribution in [0.25, 0.3) is 0 Å².